The SMILES string of the molecule is CCCOc1c(N)cc(C=O)cc1OC. The molecule has 0 saturated carbocycles. The molecule has 82 valence electrons. The molecule has 4 heteroatoms. The van der Waals surface area contributed by atoms with Crippen molar-refractivity contribution in [2.24, 2.45) is 0 Å². The van der Waals surface area contributed by atoms with Crippen molar-refractivity contribution in [1.29, 1.82) is 0 Å². The van der Waals surface area contributed by atoms with E-state index in [2.05, 4.69) is 0 Å². The molecule has 0 aromatic heterocycles. The third-order valence-corrected chi connectivity index (χ3v) is 1.91. The van der Waals surface area contributed by atoms with E-state index in [4.69, 9.17) is 15.2 Å². The van der Waals surface area contributed by atoms with E-state index in [0.29, 0.717) is 29.4 Å². The molecule has 1 rings (SSSR count). The van der Waals surface area contributed by atoms with Crippen LogP contribution in [-0.4, -0.2) is 20.0 Å². The first kappa shape index (κ1) is 11.4. The molecule has 0 atom stereocenters. The molecule has 0 aliphatic heterocycles. The van der Waals surface area contributed by atoms with Gasteiger partial charge in [0.15, 0.2) is 11.5 Å². The van der Waals surface area contributed by atoms with E-state index in [1.807, 2.05) is 6.92 Å². The molecule has 2 N–H and O–H groups in total. The summed E-state index contributed by atoms with van der Waals surface area (Å²) < 4.78 is 10.5. The van der Waals surface area contributed by atoms with Gasteiger partial charge in [0.1, 0.15) is 6.29 Å². The van der Waals surface area contributed by atoms with Crippen molar-refractivity contribution < 1.29 is 14.3 Å². The van der Waals surface area contributed by atoms with Gasteiger partial charge in [0, 0.05) is 5.56 Å². The lowest BCUT2D eigenvalue weighted by Gasteiger charge is -2.12. The van der Waals surface area contributed by atoms with Crippen LogP contribution < -0.4 is 15.2 Å². The summed E-state index contributed by atoms with van der Waals surface area (Å²) in [5.41, 5.74) is 6.65. The van der Waals surface area contributed by atoms with Crippen molar-refractivity contribution in [1.82, 2.24) is 0 Å². The molecule has 0 amide bonds. The number of nitrogens with two attached hydrogens (primary N) is 1. The van der Waals surface area contributed by atoms with Gasteiger partial charge in [0.25, 0.3) is 0 Å². The van der Waals surface area contributed by atoms with Gasteiger partial charge in [0.05, 0.1) is 19.4 Å². The van der Waals surface area contributed by atoms with Crippen LogP contribution in [0, 0.1) is 0 Å². The van der Waals surface area contributed by atoms with Crippen molar-refractivity contribution >= 4 is 12.0 Å². The number of carbonyl (C=O) groups excluding carboxylic acids is 1. The van der Waals surface area contributed by atoms with E-state index < -0.39 is 0 Å². The second-order valence-electron chi connectivity index (χ2n) is 3.11. The predicted octanol–water partition coefficient (Wildman–Crippen LogP) is 1.88. The first-order chi connectivity index (χ1) is 7.22. The monoisotopic (exact) mass is 209 g/mol. The number of rotatable bonds is 5. The Morgan fingerprint density at radius 1 is 1.47 bits per heavy atom. The number of nitrogen functional groups attached to an aromatic ring is 1. The topological polar surface area (TPSA) is 61.5 Å². The number of benzene rings is 1. The smallest absolute Gasteiger partial charge is 0.184 e. The highest BCUT2D eigenvalue weighted by Gasteiger charge is 2.10. The number of anilines is 1. The van der Waals surface area contributed by atoms with Gasteiger partial charge in [-0.3, -0.25) is 4.79 Å². The fourth-order valence-electron chi connectivity index (χ4n) is 1.22. The van der Waals surface area contributed by atoms with Gasteiger partial charge in [-0.1, -0.05) is 6.92 Å². The van der Waals surface area contributed by atoms with Gasteiger partial charge < -0.3 is 15.2 Å². The third-order valence-electron chi connectivity index (χ3n) is 1.91. The molecule has 0 aliphatic carbocycles. The first-order valence-corrected chi connectivity index (χ1v) is 4.78. The van der Waals surface area contributed by atoms with Gasteiger partial charge in [-0.05, 0) is 18.6 Å². The summed E-state index contributed by atoms with van der Waals surface area (Å²) in [6, 6.07) is 3.18. The highest BCUT2D eigenvalue weighted by molar-refractivity contribution is 5.80. The van der Waals surface area contributed by atoms with Crippen LogP contribution in [0.25, 0.3) is 0 Å². The summed E-state index contributed by atoms with van der Waals surface area (Å²) in [7, 11) is 1.52. The van der Waals surface area contributed by atoms with Crippen LogP contribution in [0.5, 0.6) is 11.5 Å². The molecular weight excluding hydrogens is 194 g/mol. The number of ether oxygens (including phenoxy) is 2. The molecular formula is C11H15NO3. The van der Waals surface area contributed by atoms with Gasteiger partial charge in [-0.25, -0.2) is 0 Å². The van der Waals surface area contributed by atoms with Gasteiger partial charge in [-0.2, -0.15) is 0 Å². The van der Waals surface area contributed by atoms with Gasteiger partial charge in [0.2, 0.25) is 0 Å². The predicted molar refractivity (Wildman–Crippen MR) is 58.6 cm³/mol. The molecule has 0 fully saturated rings. The quantitative estimate of drug-likeness (QED) is 0.594. The molecule has 0 saturated heterocycles. The number of carbonyl (C=O) groups is 1. The summed E-state index contributed by atoms with van der Waals surface area (Å²) >= 11 is 0. The Kier molecular flexibility index (Phi) is 3.97. The molecule has 0 unspecified atom stereocenters. The normalized spacial score (nSPS) is 9.73. The highest BCUT2D eigenvalue weighted by Crippen LogP contribution is 2.34. The minimum Gasteiger partial charge on any atom is -0.493 e. The Morgan fingerprint density at radius 3 is 2.73 bits per heavy atom. The summed E-state index contributed by atoms with van der Waals surface area (Å²) in [5, 5.41) is 0. The lowest BCUT2D eigenvalue weighted by atomic mass is 10.2. The van der Waals surface area contributed by atoms with E-state index in [9.17, 15) is 4.79 Å². The highest BCUT2D eigenvalue weighted by atomic mass is 16.5. The maximum absolute atomic E-state index is 10.6. The van der Waals surface area contributed by atoms with Crippen LogP contribution in [0.3, 0.4) is 0 Å². The number of aldehydes is 1. The van der Waals surface area contributed by atoms with E-state index in [0.717, 1.165) is 12.7 Å². The third kappa shape index (κ3) is 2.62. The lowest BCUT2D eigenvalue weighted by Crippen LogP contribution is -2.02. The number of hydrogen-bond acceptors (Lipinski definition) is 4. The van der Waals surface area contributed by atoms with Crippen LogP contribution >= 0.6 is 0 Å². The molecule has 15 heavy (non-hydrogen) atoms. The Labute approximate surface area is 89.0 Å². The average molecular weight is 209 g/mol. The van der Waals surface area contributed by atoms with Crippen LogP contribution in [0.1, 0.15) is 23.7 Å². The van der Waals surface area contributed by atoms with Gasteiger partial charge >= 0.3 is 0 Å². The van der Waals surface area contributed by atoms with Crippen molar-refractivity contribution in [2.75, 3.05) is 19.5 Å². The van der Waals surface area contributed by atoms with E-state index in [1.54, 1.807) is 12.1 Å². The summed E-state index contributed by atoms with van der Waals surface area (Å²) in [6.07, 6.45) is 1.61. The summed E-state index contributed by atoms with van der Waals surface area (Å²) in [5.74, 6) is 0.996. The van der Waals surface area contributed by atoms with Crippen LogP contribution in [0.15, 0.2) is 12.1 Å². The maximum Gasteiger partial charge on any atom is 0.184 e. The van der Waals surface area contributed by atoms with Crippen LogP contribution in [-0.2, 0) is 0 Å². The zero-order valence-electron chi connectivity index (χ0n) is 8.95. The molecule has 0 bridgehead atoms. The van der Waals surface area contributed by atoms with Crippen molar-refractivity contribution in [3.8, 4) is 11.5 Å². The largest absolute Gasteiger partial charge is 0.493 e. The number of methoxy groups -OCH3 is 1. The average Bonchev–Trinajstić information content (AvgIpc) is 2.26. The fraction of sp³-hybridized carbons (Fsp3) is 0.364. The zero-order chi connectivity index (χ0) is 11.3. The Morgan fingerprint density at radius 2 is 2.20 bits per heavy atom. The Bertz CT molecular complexity index is 350. The molecule has 4 nitrogen and oxygen atoms in total. The van der Waals surface area contributed by atoms with Crippen molar-refractivity contribution in [2.45, 2.75) is 13.3 Å². The summed E-state index contributed by atoms with van der Waals surface area (Å²) in [4.78, 5) is 10.6. The molecule has 1 aromatic carbocycles. The second-order valence-corrected chi connectivity index (χ2v) is 3.11. The summed E-state index contributed by atoms with van der Waals surface area (Å²) in [6.45, 7) is 2.57. The molecule has 1 aromatic rings. The van der Waals surface area contributed by atoms with E-state index in [-0.39, 0.29) is 0 Å². The van der Waals surface area contributed by atoms with Crippen molar-refractivity contribution in [3.05, 3.63) is 17.7 Å². The Balaban J connectivity index is 3.06. The molecule has 0 radical (unpaired) electrons. The number of hydrogen-bond donors (Lipinski definition) is 1. The maximum atomic E-state index is 10.6. The molecule has 0 heterocycles. The van der Waals surface area contributed by atoms with E-state index >= 15 is 0 Å². The minimum absolute atomic E-state index is 0.421. The van der Waals surface area contributed by atoms with E-state index in [1.165, 1.54) is 7.11 Å². The standard InChI is InChI=1S/C11H15NO3/c1-3-4-15-11-9(12)5-8(7-13)6-10(11)14-2/h5-7H,3-4,12H2,1-2H3. The van der Waals surface area contributed by atoms with Crippen molar-refractivity contribution in [3.63, 3.8) is 0 Å². The zero-order valence-corrected chi connectivity index (χ0v) is 8.95. The first-order valence-electron chi connectivity index (χ1n) is 4.78. The second kappa shape index (κ2) is 5.24. The molecule has 0 aliphatic rings. The fourth-order valence-corrected chi connectivity index (χ4v) is 1.22. The molecule has 0 spiro atoms. The minimum atomic E-state index is 0.421. The lowest BCUT2D eigenvalue weighted by molar-refractivity contribution is 0.112. The van der Waals surface area contributed by atoms with Crippen LogP contribution in [0.4, 0.5) is 5.69 Å². The van der Waals surface area contributed by atoms with Gasteiger partial charge in [-0.15, -0.1) is 0 Å². The Hall–Kier alpha value is -1.71. The van der Waals surface area contributed by atoms with Crippen LogP contribution in [0.2, 0.25) is 0 Å².